The molecule has 0 aliphatic rings. The maximum absolute atomic E-state index is 10.6. The average molecular weight is 149 g/mol. The lowest BCUT2D eigenvalue weighted by atomic mass is 10.0. The van der Waals surface area contributed by atoms with Gasteiger partial charge in [-0.25, -0.2) is 0 Å². The van der Waals surface area contributed by atoms with Crippen molar-refractivity contribution in [2.45, 2.75) is 25.1 Å². The summed E-state index contributed by atoms with van der Waals surface area (Å²) in [5, 5.41) is 0. The van der Waals surface area contributed by atoms with Gasteiger partial charge in [0.2, 0.25) is 0 Å². The summed E-state index contributed by atoms with van der Waals surface area (Å²) in [5.41, 5.74) is 0. The van der Waals surface area contributed by atoms with Crippen LogP contribution in [-0.4, -0.2) is 16.9 Å². The SMILES string of the molecule is CCC(Cl)(C=O)C(C)=O. The first-order valence-corrected chi connectivity index (χ1v) is 3.11. The lowest BCUT2D eigenvalue weighted by Crippen LogP contribution is -2.30. The van der Waals surface area contributed by atoms with Crippen LogP contribution >= 0.6 is 11.6 Å². The van der Waals surface area contributed by atoms with Crippen LogP contribution in [0.5, 0.6) is 0 Å². The molecule has 2 nitrogen and oxygen atoms in total. The van der Waals surface area contributed by atoms with E-state index in [1.807, 2.05) is 0 Å². The van der Waals surface area contributed by atoms with Gasteiger partial charge in [0.15, 0.2) is 10.7 Å². The molecule has 3 heteroatoms. The summed E-state index contributed by atoms with van der Waals surface area (Å²) in [6.07, 6.45) is 0.838. The number of carbonyl (C=O) groups is 2. The predicted molar refractivity (Wildman–Crippen MR) is 35.6 cm³/mol. The normalized spacial score (nSPS) is 16.3. The van der Waals surface area contributed by atoms with Crippen LogP contribution in [0.25, 0.3) is 0 Å². The molecule has 1 unspecified atom stereocenters. The Morgan fingerprint density at radius 2 is 2.22 bits per heavy atom. The minimum absolute atomic E-state index is 0.290. The molecule has 1 atom stereocenters. The minimum Gasteiger partial charge on any atom is -0.301 e. The van der Waals surface area contributed by atoms with Crippen molar-refractivity contribution in [2.75, 3.05) is 0 Å². The van der Waals surface area contributed by atoms with E-state index in [0.29, 0.717) is 12.7 Å². The molecule has 0 radical (unpaired) electrons. The molecule has 0 fully saturated rings. The van der Waals surface area contributed by atoms with Crippen molar-refractivity contribution >= 4 is 23.7 Å². The number of hydrogen-bond donors (Lipinski definition) is 0. The molecule has 0 N–H and O–H groups in total. The van der Waals surface area contributed by atoms with E-state index in [2.05, 4.69) is 0 Å². The third-order valence-electron chi connectivity index (χ3n) is 1.29. The van der Waals surface area contributed by atoms with Crippen LogP contribution in [0.3, 0.4) is 0 Å². The average Bonchev–Trinajstić information content (AvgIpc) is 1.86. The molecule has 0 aliphatic heterocycles. The molecular weight excluding hydrogens is 140 g/mol. The van der Waals surface area contributed by atoms with Crippen LogP contribution in [-0.2, 0) is 9.59 Å². The van der Waals surface area contributed by atoms with E-state index in [4.69, 9.17) is 11.6 Å². The lowest BCUT2D eigenvalue weighted by Gasteiger charge is -2.12. The highest BCUT2D eigenvalue weighted by Crippen LogP contribution is 2.16. The van der Waals surface area contributed by atoms with E-state index < -0.39 is 4.87 Å². The highest BCUT2D eigenvalue weighted by atomic mass is 35.5. The fraction of sp³-hybridized carbons (Fsp3) is 0.667. The van der Waals surface area contributed by atoms with Crippen LogP contribution in [0.15, 0.2) is 0 Å². The van der Waals surface area contributed by atoms with Gasteiger partial charge in [0.25, 0.3) is 0 Å². The highest BCUT2D eigenvalue weighted by Gasteiger charge is 2.29. The van der Waals surface area contributed by atoms with Crippen molar-refractivity contribution in [1.82, 2.24) is 0 Å². The van der Waals surface area contributed by atoms with E-state index in [-0.39, 0.29) is 5.78 Å². The van der Waals surface area contributed by atoms with Crippen LogP contribution in [0.4, 0.5) is 0 Å². The number of carbonyl (C=O) groups excluding carboxylic acids is 2. The Bertz CT molecular complexity index is 133. The van der Waals surface area contributed by atoms with Gasteiger partial charge in [-0.2, -0.15) is 0 Å². The third-order valence-corrected chi connectivity index (χ3v) is 1.91. The largest absolute Gasteiger partial charge is 0.301 e. The van der Waals surface area contributed by atoms with Gasteiger partial charge >= 0.3 is 0 Å². The number of alkyl halides is 1. The molecule has 0 bridgehead atoms. The van der Waals surface area contributed by atoms with E-state index in [1.165, 1.54) is 6.92 Å². The quantitative estimate of drug-likeness (QED) is 0.342. The molecule has 52 valence electrons. The Hall–Kier alpha value is -0.370. The summed E-state index contributed by atoms with van der Waals surface area (Å²) in [5.74, 6) is -0.290. The standard InChI is InChI=1S/C6H9ClO2/c1-3-6(7,4-8)5(2)9/h4H,3H2,1-2H3. The number of ketones is 1. The fourth-order valence-electron chi connectivity index (χ4n) is 0.415. The van der Waals surface area contributed by atoms with Gasteiger partial charge in [0, 0.05) is 0 Å². The highest BCUT2D eigenvalue weighted by molar-refractivity contribution is 6.43. The Morgan fingerprint density at radius 3 is 2.22 bits per heavy atom. The van der Waals surface area contributed by atoms with Crippen molar-refractivity contribution in [3.05, 3.63) is 0 Å². The van der Waals surface area contributed by atoms with Crippen molar-refractivity contribution in [2.24, 2.45) is 0 Å². The molecule has 0 spiro atoms. The Morgan fingerprint density at radius 1 is 1.78 bits per heavy atom. The summed E-state index contributed by atoms with van der Waals surface area (Å²) in [6, 6.07) is 0. The van der Waals surface area contributed by atoms with E-state index in [1.54, 1.807) is 6.92 Å². The molecule has 0 amide bonds. The number of Topliss-reactive ketones (excluding diaryl/α,β-unsaturated/α-hetero) is 1. The summed E-state index contributed by atoms with van der Waals surface area (Å²) in [4.78, 5) is 19.4. The second-order valence-electron chi connectivity index (χ2n) is 1.89. The van der Waals surface area contributed by atoms with Crippen molar-refractivity contribution < 1.29 is 9.59 Å². The van der Waals surface area contributed by atoms with Crippen LogP contribution in [0.2, 0.25) is 0 Å². The van der Waals surface area contributed by atoms with Gasteiger partial charge in [-0.1, -0.05) is 6.92 Å². The molecule has 0 aromatic carbocycles. The second kappa shape index (κ2) is 2.97. The van der Waals surface area contributed by atoms with Gasteiger partial charge in [0.1, 0.15) is 6.29 Å². The van der Waals surface area contributed by atoms with E-state index >= 15 is 0 Å². The van der Waals surface area contributed by atoms with Crippen molar-refractivity contribution in [1.29, 1.82) is 0 Å². The Balaban J connectivity index is 4.27. The summed E-state index contributed by atoms with van der Waals surface area (Å²) < 4.78 is 0. The fourth-order valence-corrected chi connectivity index (χ4v) is 0.415. The topological polar surface area (TPSA) is 34.1 Å². The summed E-state index contributed by atoms with van der Waals surface area (Å²) >= 11 is 5.53. The third kappa shape index (κ3) is 1.79. The molecule has 0 aromatic rings. The molecule has 0 rings (SSSR count). The monoisotopic (exact) mass is 148 g/mol. The molecular formula is C6H9ClO2. The van der Waals surface area contributed by atoms with E-state index in [0.717, 1.165) is 0 Å². The molecule has 0 aliphatic carbocycles. The molecule has 9 heavy (non-hydrogen) atoms. The maximum atomic E-state index is 10.6. The smallest absolute Gasteiger partial charge is 0.157 e. The van der Waals surface area contributed by atoms with Gasteiger partial charge in [-0.05, 0) is 13.3 Å². The molecule has 0 aromatic heterocycles. The zero-order valence-electron chi connectivity index (χ0n) is 5.48. The zero-order valence-corrected chi connectivity index (χ0v) is 6.23. The molecule has 0 saturated carbocycles. The minimum atomic E-state index is -1.26. The van der Waals surface area contributed by atoms with Crippen molar-refractivity contribution in [3.63, 3.8) is 0 Å². The predicted octanol–water partition coefficient (Wildman–Crippen LogP) is 1.16. The first kappa shape index (κ1) is 8.63. The summed E-state index contributed by atoms with van der Waals surface area (Å²) in [6.45, 7) is 3.01. The Kier molecular flexibility index (Phi) is 2.85. The molecule has 0 saturated heterocycles. The van der Waals surface area contributed by atoms with Crippen LogP contribution in [0, 0.1) is 0 Å². The van der Waals surface area contributed by atoms with Crippen LogP contribution < -0.4 is 0 Å². The summed E-state index contributed by atoms with van der Waals surface area (Å²) in [7, 11) is 0. The first-order valence-electron chi connectivity index (χ1n) is 2.73. The number of halogens is 1. The number of rotatable bonds is 3. The maximum Gasteiger partial charge on any atom is 0.157 e. The van der Waals surface area contributed by atoms with Crippen molar-refractivity contribution in [3.8, 4) is 0 Å². The van der Waals surface area contributed by atoms with Gasteiger partial charge < -0.3 is 4.79 Å². The van der Waals surface area contributed by atoms with Gasteiger partial charge in [-0.15, -0.1) is 11.6 Å². The lowest BCUT2D eigenvalue weighted by molar-refractivity contribution is -0.124. The second-order valence-corrected chi connectivity index (χ2v) is 2.56. The van der Waals surface area contributed by atoms with Gasteiger partial charge in [-0.3, -0.25) is 4.79 Å². The Labute approximate surface area is 59.2 Å². The first-order chi connectivity index (χ1) is 4.06. The zero-order chi connectivity index (χ0) is 7.49. The van der Waals surface area contributed by atoms with Crippen LogP contribution in [0.1, 0.15) is 20.3 Å². The molecule has 0 heterocycles. The number of aldehydes is 1. The van der Waals surface area contributed by atoms with Gasteiger partial charge in [0.05, 0.1) is 0 Å². The number of hydrogen-bond acceptors (Lipinski definition) is 2. The van der Waals surface area contributed by atoms with E-state index in [9.17, 15) is 9.59 Å².